The molecule has 0 spiro atoms. The first-order valence-corrected chi connectivity index (χ1v) is 10.7. The second kappa shape index (κ2) is 8.79. The van der Waals surface area contributed by atoms with Gasteiger partial charge >= 0.3 is 0 Å². The fourth-order valence-corrected chi connectivity index (χ4v) is 3.74. The van der Waals surface area contributed by atoms with Gasteiger partial charge in [-0.2, -0.15) is 0 Å². The molecule has 0 bridgehead atoms. The van der Waals surface area contributed by atoms with Crippen molar-refractivity contribution in [2.45, 2.75) is 27.7 Å². The predicted molar refractivity (Wildman–Crippen MR) is 132 cm³/mol. The lowest BCUT2D eigenvalue weighted by Gasteiger charge is -2.28. The summed E-state index contributed by atoms with van der Waals surface area (Å²) < 4.78 is 5.99. The molecular formula is C28H27NO4. The zero-order valence-electron chi connectivity index (χ0n) is 19.1. The van der Waals surface area contributed by atoms with Gasteiger partial charge in [0.2, 0.25) is 0 Å². The van der Waals surface area contributed by atoms with E-state index in [-0.39, 0.29) is 17.2 Å². The van der Waals surface area contributed by atoms with Crippen molar-refractivity contribution < 1.29 is 20.1 Å². The van der Waals surface area contributed by atoms with E-state index in [9.17, 15) is 15.3 Å². The average Bonchev–Trinajstić information content (AvgIpc) is 2.80. The monoisotopic (exact) mass is 441 g/mol. The Kier molecular flexibility index (Phi) is 5.88. The van der Waals surface area contributed by atoms with Crippen LogP contribution >= 0.6 is 0 Å². The minimum atomic E-state index is 0.0816. The summed E-state index contributed by atoms with van der Waals surface area (Å²) in [5.74, 6) is 1.34. The number of aromatic hydroxyl groups is 3. The third kappa shape index (κ3) is 4.17. The van der Waals surface area contributed by atoms with E-state index >= 15 is 0 Å². The van der Waals surface area contributed by atoms with Crippen LogP contribution in [-0.2, 0) is 0 Å². The number of hydrogen-bond acceptors (Lipinski definition) is 5. The SMILES string of the molecule is Cc1ccc(O)c(Oc2ccc(N(c3cccc(C)c3O)c3cccc(C)c3O)cc2)c1C. The van der Waals surface area contributed by atoms with Crippen molar-refractivity contribution in [1.82, 2.24) is 0 Å². The third-order valence-electron chi connectivity index (χ3n) is 5.89. The molecule has 33 heavy (non-hydrogen) atoms. The van der Waals surface area contributed by atoms with E-state index in [0.717, 1.165) is 27.9 Å². The van der Waals surface area contributed by atoms with Crippen molar-refractivity contribution in [2.75, 3.05) is 4.90 Å². The number of phenolic OH excluding ortho intramolecular Hbond substituents is 3. The molecular weight excluding hydrogens is 414 g/mol. The Hall–Kier alpha value is -4.12. The van der Waals surface area contributed by atoms with Crippen LogP contribution in [0.15, 0.2) is 72.8 Å². The maximum Gasteiger partial charge on any atom is 0.172 e. The van der Waals surface area contributed by atoms with Crippen LogP contribution < -0.4 is 9.64 Å². The molecule has 3 N–H and O–H groups in total. The second-order valence-corrected chi connectivity index (χ2v) is 8.17. The van der Waals surface area contributed by atoms with Gasteiger partial charge in [-0.1, -0.05) is 30.3 Å². The fourth-order valence-electron chi connectivity index (χ4n) is 3.74. The number of rotatable bonds is 5. The molecule has 0 amide bonds. The van der Waals surface area contributed by atoms with Gasteiger partial charge in [-0.05, 0) is 92.4 Å². The minimum Gasteiger partial charge on any atom is -0.505 e. The number of para-hydroxylation sites is 2. The summed E-state index contributed by atoms with van der Waals surface area (Å²) in [7, 11) is 0. The molecule has 0 saturated heterocycles. The summed E-state index contributed by atoms with van der Waals surface area (Å²) in [6.07, 6.45) is 0. The van der Waals surface area contributed by atoms with Crippen LogP contribution in [0.4, 0.5) is 17.1 Å². The van der Waals surface area contributed by atoms with Crippen molar-refractivity contribution in [3.63, 3.8) is 0 Å². The molecule has 0 atom stereocenters. The van der Waals surface area contributed by atoms with Gasteiger partial charge in [-0.15, -0.1) is 0 Å². The molecule has 0 radical (unpaired) electrons. The molecule has 0 aliphatic rings. The smallest absolute Gasteiger partial charge is 0.172 e. The Morgan fingerprint density at radius 3 is 1.70 bits per heavy atom. The maximum atomic E-state index is 10.8. The predicted octanol–water partition coefficient (Wildman–Crippen LogP) is 7.30. The van der Waals surface area contributed by atoms with Crippen LogP contribution in [0.5, 0.6) is 28.7 Å². The lowest BCUT2D eigenvalue weighted by atomic mass is 10.1. The molecule has 0 aromatic heterocycles. The highest BCUT2D eigenvalue weighted by Gasteiger charge is 2.21. The highest BCUT2D eigenvalue weighted by Crippen LogP contribution is 2.45. The summed E-state index contributed by atoms with van der Waals surface area (Å²) in [6.45, 7) is 7.54. The van der Waals surface area contributed by atoms with Crippen LogP contribution in [-0.4, -0.2) is 15.3 Å². The molecule has 0 aliphatic heterocycles. The minimum absolute atomic E-state index is 0.0816. The first-order valence-electron chi connectivity index (χ1n) is 10.7. The summed E-state index contributed by atoms with van der Waals surface area (Å²) >= 11 is 0. The summed E-state index contributed by atoms with van der Waals surface area (Å²) in [5, 5.41) is 31.9. The Bertz CT molecular complexity index is 1260. The molecule has 5 heteroatoms. The van der Waals surface area contributed by atoms with Crippen molar-refractivity contribution >= 4 is 17.1 Å². The zero-order valence-corrected chi connectivity index (χ0v) is 19.1. The van der Waals surface area contributed by atoms with E-state index in [1.165, 1.54) is 0 Å². The van der Waals surface area contributed by atoms with Gasteiger partial charge in [0.25, 0.3) is 0 Å². The quantitative estimate of drug-likeness (QED) is 0.303. The van der Waals surface area contributed by atoms with Crippen molar-refractivity contribution in [3.05, 3.63) is 95.1 Å². The summed E-state index contributed by atoms with van der Waals surface area (Å²) in [6, 6.07) is 21.8. The average molecular weight is 442 g/mol. The molecule has 0 unspecified atom stereocenters. The van der Waals surface area contributed by atoms with Crippen molar-refractivity contribution in [2.24, 2.45) is 0 Å². The largest absolute Gasteiger partial charge is 0.505 e. The van der Waals surface area contributed by atoms with Gasteiger partial charge < -0.3 is 25.0 Å². The fraction of sp³-hybridized carbons (Fsp3) is 0.143. The topological polar surface area (TPSA) is 73.2 Å². The zero-order chi connectivity index (χ0) is 23.7. The van der Waals surface area contributed by atoms with Gasteiger partial charge in [0.1, 0.15) is 17.2 Å². The first kappa shape index (κ1) is 22.1. The van der Waals surface area contributed by atoms with Crippen LogP contribution in [0.3, 0.4) is 0 Å². The van der Waals surface area contributed by atoms with Crippen LogP contribution in [0, 0.1) is 27.7 Å². The van der Waals surface area contributed by atoms with E-state index in [0.29, 0.717) is 22.9 Å². The Morgan fingerprint density at radius 1 is 0.606 bits per heavy atom. The molecule has 0 saturated carbocycles. The van der Waals surface area contributed by atoms with E-state index in [1.807, 2.05) is 87.2 Å². The molecule has 4 aromatic rings. The highest BCUT2D eigenvalue weighted by atomic mass is 16.5. The number of nitrogens with zero attached hydrogens (tertiary/aromatic N) is 1. The van der Waals surface area contributed by atoms with Gasteiger partial charge in [0, 0.05) is 5.69 Å². The lowest BCUT2D eigenvalue weighted by Crippen LogP contribution is -2.11. The Morgan fingerprint density at radius 2 is 1.15 bits per heavy atom. The number of ether oxygens (including phenoxy) is 1. The van der Waals surface area contributed by atoms with E-state index in [2.05, 4.69) is 0 Å². The third-order valence-corrected chi connectivity index (χ3v) is 5.89. The van der Waals surface area contributed by atoms with Crippen molar-refractivity contribution in [1.29, 1.82) is 0 Å². The number of benzene rings is 4. The van der Waals surface area contributed by atoms with E-state index in [4.69, 9.17) is 4.74 Å². The van der Waals surface area contributed by atoms with E-state index in [1.54, 1.807) is 18.2 Å². The Labute approximate surface area is 193 Å². The molecule has 5 nitrogen and oxygen atoms in total. The van der Waals surface area contributed by atoms with E-state index < -0.39 is 0 Å². The van der Waals surface area contributed by atoms with Gasteiger partial charge in [0.05, 0.1) is 11.4 Å². The number of hydrogen-bond donors (Lipinski definition) is 3. The molecule has 168 valence electrons. The lowest BCUT2D eigenvalue weighted by molar-refractivity contribution is 0.408. The van der Waals surface area contributed by atoms with Gasteiger partial charge in [-0.25, -0.2) is 0 Å². The molecule has 4 rings (SSSR count). The molecule has 0 heterocycles. The van der Waals surface area contributed by atoms with Crippen LogP contribution in [0.2, 0.25) is 0 Å². The summed E-state index contributed by atoms with van der Waals surface area (Å²) in [4.78, 5) is 1.81. The Balaban J connectivity index is 1.78. The molecule has 0 fully saturated rings. The molecule has 4 aromatic carbocycles. The summed E-state index contributed by atoms with van der Waals surface area (Å²) in [5.41, 5.74) is 5.19. The van der Waals surface area contributed by atoms with Gasteiger partial charge in [-0.3, -0.25) is 0 Å². The van der Waals surface area contributed by atoms with Crippen molar-refractivity contribution in [3.8, 4) is 28.7 Å². The number of anilines is 3. The maximum absolute atomic E-state index is 10.8. The second-order valence-electron chi connectivity index (χ2n) is 8.17. The number of phenols is 3. The molecule has 0 aliphatic carbocycles. The normalized spacial score (nSPS) is 10.8. The standard InChI is InChI=1S/C28H27NO4/c1-17-11-16-25(30)28(20(17)4)33-22-14-12-21(13-15-22)29(23-9-5-7-18(2)26(23)31)24-10-6-8-19(3)27(24)32/h5-16,30-32H,1-4H3. The number of aryl methyl sites for hydroxylation is 3. The first-order chi connectivity index (χ1) is 15.8. The van der Waals surface area contributed by atoms with Gasteiger partial charge in [0.15, 0.2) is 11.5 Å². The van der Waals surface area contributed by atoms with Crippen LogP contribution in [0.1, 0.15) is 22.3 Å². The van der Waals surface area contributed by atoms with Crippen LogP contribution in [0.25, 0.3) is 0 Å². The highest BCUT2D eigenvalue weighted by molar-refractivity contribution is 5.84.